The quantitative estimate of drug-likeness (QED) is 0.368. The molecule has 0 spiro atoms. The fourth-order valence-corrected chi connectivity index (χ4v) is 1.38. The fraction of sp³-hybridized carbons (Fsp3) is 0.500. The highest BCUT2D eigenvalue weighted by atomic mass is 31.2. The van der Waals surface area contributed by atoms with E-state index in [0.29, 0.717) is 0 Å². The summed E-state index contributed by atoms with van der Waals surface area (Å²) >= 11 is 0. The van der Waals surface area contributed by atoms with Crippen molar-refractivity contribution in [2.75, 3.05) is 13.2 Å². The Morgan fingerprint density at radius 2 is 1.67 bits per heavy atom. The molecule has 0 aromatic rings. The Bertz CT molecular complexity index is 464. The molecule has 0 amide bonds. The lowest BCUT2D eigenvalue weighted by Gasteiger charge is -2.18. The van der Waals surface area contributed by atoms with Crippen LogP contribution in [0.4, 0.5) is 0 Å². The Labute approximate surface area is 122 Å². The minimum Gasteiger partial charge on any atom is -0.462 e. The first-order valence-electron chi connectivity index (χ1n) is 5.92. The number of phosphoric ester groups is 1. The van der Waals surface area contributed by atoms with Crippen LogP contribution in [0.5, 0.6) is 0 Å². The SMILES string of the molecule is C=C(C)C(=O)OCCC(COP(=O)(O)O)OC(=O)C(=C)C. The molecule has 0 aromatic heterocycles. The second-order valence-corrected chi connectivity index (χ2v) is 5.54. The van der Waals surface area contributed by atoms with Crippen molar-refractivity contribution in [3.05, 3.63) is 24.3 Å². The second kappa shape index (κ2) is 8.74. The monoisotopic (exact) mass is 322 g/mol. The molecular formula is C12H19O8P. The van der Waals surface area contributed by atoms with Gasteiger partial charge in [0, 0.05) is 17.6 Å². The van der Waals surface area contributed by atoms with Crippen LogP contribution >= 0.6 is 7.82 Å². The van der Waals surface area contributed by atoms with Crippen LogP contribution in [0.15, 0.2) is 24.3 Å². The Kier molecular flexibility index (Phi) is 8.12. The molecule has 0 saturated heterocycles. The molecule has 21 heavy (non-hydrogen) atoms. The molecule has 0 rings (SSSR count). The predicted molar refractivity (Wildman–Crippen MR) is 73.1 cm³/mol. The number of hydrogen-bond donors (Lipinski definition) is 2. The standard InChI is InChI=1S/C12H19O8P/c1-8(2)11(13)18-6-5-10(7-19-21(15,16)17)20-12(14)9(3)4/h10H,1,3,5-7H2,2,4H3,(H2,15,16,17). The van der Waals surface area contributed by atoms with Crippen LogP contribution in [0, 0.1) is 0 Å². The summed E-state index contributed by atoms with van der Waals surface area (Å²) in [7, 11) is -4.69. The van der Waals surface area contributed by atoms with E-state index in [4.69, 9.17) is 19.3 Å². The van der Waals surface area contributed by atoms with Gasteiger partial charge in [-0.05, 0) is 13.8 Å². The van der Waals surface area contributed by atoms with Crippen molar-refractivity contribution in [3.63, 3.8) is 0 Å². The van der Waals surface area contributed by atoms with Crippen LogP contribution in [-0.4, -0.2) is 41.0 Å². The van der Waals surface area contributed by atoms with Gasteiger partial charge in [0.2, 0.25) is 0 Å². The third-order valence-electron chi connectivity index (χ3n) is 2.07. The van der Waals surface area contributed by atoms with Gasteiger partial charge >= 0.3 is 19.8 Å². The number of carbonyl (C=O) groups excluding carboxylic acids is 2. The zero-order valence-electron chi connectivity index (χ0n) is 11.9. The lowest BCUT2D eigenvalue weighted by atomic mass is 10.2. The van der Waals surface area contributed by atoms with Gasteiger partial charge in [0.1, 0.15) is 6.10 Å². The van der Waals surface area contributed by atoms with Gasteiger partial charge in [0.25, 0.3) is 0 Å². The summed E-state index contributed by atoms with van der Waals surface area (Å²) in [4.78, 5) is 39.8. The summed E-state index contributed by atoms with van der Waals surface area (Å²) in [5.74, 6) is -1.35. The molecule has 2 N–H and O–H groups in total. The van der Waals surface area contributed by atoms with Crippen LogP contribution in [0.3, 0.4) is 0 Å². The van der Waals surface area contributed by atoms with Crippen LogP contribution in [0.2, 0.25) is 0 Å². The second-order valence-electron chi connectivity index (χ2n) is 4.30. The minimum absolute atomic E-state index is 0.0119. The van der Waals surface area contributed by atoms with Crippen LogP contribution in [0.1, 0.15) is 20.3 Å². The summed E-state index contributed by atoms with van der Waals surface area (Å²) < 4.78 is 24.7. The summed E-state index contributed by atoms with van der Waals surface area (Å²) in [5, 5.41) is 0. The normalized spacial score (nSPS) is 12.4. The van der Waals surface area contributed by atoms with Crippen molar-refractivity contribution in [1.29, 1.82) is 0 Å². The number of ether oxygens (including phenoxy) is 2. The highest BCUT2D eigenvalue weighted by molar-refractivity contribution is 7.46. The zero-order chi connectivity index (χ0) is 16.6. The summed E-state index contributed by atoms with van der Waals surface area (Å²) in [6.45, 7) is 9.01. The molecular weight excluding hydrogens is 303 g/mol. The zero-order valence-corrected chi connectivity index (χ0v) is 12.8. The van der Waals surface area contributed by atoms with Crippen molar-refractivity contribution in [3.8, 4) is 0 Å². The van der Waals surface area contributed by atoms with Crippen molar-refractivity contribution in [2.45, 2.75) is 26.4 Å². The van der Waals surface area contributed by atoms with E-state index in [0.717, 1.165) is 0 Å². The van der Waals surface area contributed by atoms with E-state index < -0.39 is 32.5 Å². The maximum Gasteiger partial charge on any atom is 0.469 e. The molecule has 120 valence electrons. The largest absolute Gasteiger partial charge is 0.469 e. The molecule has 1 unspecified atom stereocenters. The maximum absolute atomic E-state index is 11.4. The van der Waals surface area contributed by atoms with Gasteiger partial charge in [-0.25, -0.2) is 14.2 Å². The number of phosphoric acid groups is 1. The molecule has 1 atom stereocenters. The Morgan fingerprint density at radius 3 is 2.10 bits per heavy atom. The number of hydrogen-bond acceptors (Lipinski definition) is 6. The van der Waals surface area contributed by atoms with E-state index >= 15 is 0 Å². The Hall–Kier alpha value is -1.47. The topological polar surface area (TPSA) is 119 Å². The first-order valence-corrected chi connectivity index (χ1v) is 7.45. The molecule has 0 saturated carbocycles. The molecule has 0 fully saturated rings. The first kappa shape index (κ1) is 19.5. The summed E-state index contributed by atoms with van der Waals surface area (Å²) in [6.07, 6.45) is -0.974. The van der Waals surface area contributed by atoms with E-state index in [9.17, 15) is 14.2 Å². The van der Waals surface area contributed by atoms with E-state index in [1.165, 1.54) is 13.8 Å². The maximum atomic E-state index is 11.4. The Morgan fingerprint density at radius 1 is 1.14 bits per heavy atom. The molecule has 8 nitrogen and oxygen atoms in total. The van der Waals surface area contributed by atoms with Crippen molar-refractivity contribution in [1.82, 2.24) is 0 Å². The van der Waals surface area contributed by atoms with E-state index in [1.54, 1.807) is 0 Å². The third kappa shape index (κ3) is 9.97. The van der Waals surface area contributed by atoms with Crippen LogP contribution in [-0.2, 0) is 28.2 Å². The summed E-state index contributed by atoms with van der Waals surface area (Å²) in [5.41, 5.74) is 0.326. The highest BCUT2D eigenvalue weighted by Crippen LogP contribution is 2.36. The van der Waals surface area contributed by atoms with Crippen molar-refractivity contribution >= 4 is 19.8 Å². The van der Waals surface area contributed by atoms with Gasteiger partial charge in [-0.1, -0.05) is 13.2 Å². The average molecular weight is 322 g/mol. The molecule has 0 aliphatic carbocycles. The van der Waals surface area contributed by atoms with Gasteiger partial charge in [-0.15, -0.1) is 0 Å². The molecule has 0 aliphatic rings. The van der Waals surface area contributed by atoms with E-state index in [1.807, 2.05) is 0 Å². The number of esters is 2. The van der Waals surface area contributed by atoms with Gasteiger partial charge in [0.15, 0.2) is 0 Å². The number of carbonyl (C=O) groups is 2. The smallest absolute Gasteiger partial charge is 0.462 e. The summed E-state index contributed by atoms with van der Waals surface area (Å²) in [6, 6.07) is 0. The van der Waals surface area contributed by atoms with Gasteiger partial charge in [0.05, 0.1) is 13.2 Å². The third-order valence-corrected chi connectivity index (χ3v) is 2.56. The van der Waals surface area contributed by atoms with Gasteiger partial charge in [-0.3, -0.25) is 4.52 Å². The van der Waals surface area contributed by atoms with Crippen LogP contribution in [0.25, 0.3) is 0 Å². The van der Waals surface area contributed by atoms with Crippen molar-refractivity contribution < 1.29 is 37.9 Å². The molecule has 0 radical (unpaired) electrons. The van der Waals surface area contributed by atoms with Gasteiger partial charge in [-0.2, -0.15) is 0 Å². The molecule has 0 aromatic carbocycles. The molecule has 9 heteroatoms. The molecule has 0 aliphatic heterocycles. The molecule has 0 bridgehead atoms. The van der Waals surface area contributed by atoms with Crippen molar-refractivity contribution in [2.24, 2.45) is 0 Å². The minimum atomic E-state index is -4.69. The highest BCUT2D eigenvalue weighted by Gasteiger charge is 2.22. The van der Waals surface area contributed by atoms with Crippen LogP contribution < -0.4 is 0 Å². The molecule has 0 heterocycles. The number of rotatable bonds is 9. The lowest BCUT2D eigenvalue weighted by molar-refractivity contribution is -0.148. The van der Waals surface area contributed by atoms with E-state index in [2.05, 4.69) is 17.7 Å². The van der Waals surface area contributed by atoms with Gasteiger partial charge < -0.3 is 19.3 Å². The predicted octanol–water partition coefficient (Wildman–Crippen LogP) is 1.09. The average Bonchev–Trinajstić information content (AvgIpc) is 2.33. The Balaban J connectivity index is 4.47. The van der Waals surface area contributed by atoms with E-state index in [-0.39, 0.29) is 24.2 Å². The lowest BCUT2D eigenvalue weighted by Crippen LogP contribution is -2.25. The first-order chi connectivity index (χ1) is 9.53. The fourth-order valence-electron chi connectivity index (χ4n) is 1.01.